The summed E-state index contributed by atoms with van der Waals surface area (Å²) in [6.07, 6.45) is 7.30. The van der Waals surface area contributed by atoms with Crippen LogP contribution in [0.2, 0.25) is 0 Å². The number of hydrogen-bond donors (Lipinski definition) is 2. The number of unbranched alkanes of at least 4 members (excludes halogenated alkanes) is 3. The highest BCUT2D eigenvalue weighted by Gasteiger charge is 2.14. The molecule has 0 saturated heterocycles. The first-order valence-electron chi connectivity index (χ1n) is 11.0. The lowest BCUT2D eigenvalue weighted by Crippen LogP contribution is -2.11. The van der Waals surface area contributed by atoms with E-state index in [9.17, 15) is 14.4 Å². The summed E-state index contributed by atoms with van der Waals surface area (Å²) in [4.78, 5) is 35.7. The Bertz CT molecular complexity index is 1310. The van der Waals surface area contributed by atoms with E-state index in [2.05, 4.69) is 24.1 Å². The van der Waals surface area contributed by atoms with Crippen LogP contribution < -0.4 is 15.5 Å². The number of rotatable bonds is 9. The van der Waals surface area contributed by atoms with E-state index in [1.54, 1.807) is 24.3 Å². The number of ether oxygens (including phenoxy) is 1. The smallest absolute Gasteiger partial charge is 0.371 e. The van der Waals surface area contributed by atoms with Crippen LogP contribution in [-0.2, 0) is 4.79 Å². The lowest BCUT2D eigenvalue weighted by Gasteiger charge is -2.06. The SMILES string of the molecule is CCCCCC#CCOc1ccc(/C=C/C(=O)Nc2cccc3c(=O)cc(C(=O)O)oc23)cc1. The molecule has 1 aromatic heterocycles. The molecule has 3 aromatic rings. The molecule has 3 rings (SSSR count). The van der Waals surface area contributed by atoms with Crippen molar-refractivity contribution in [1.82, 2.24) is 0 Å². The maximum absolute atomic E-state index is 12.4. The van der Waals surface area contributed by atoms with Gasteiger partial charge in [-0.15, -0.1) is 0 Å². The molecule has 0 spiro atoms. The van der Waals surface area contributed by atoms with Crippen molar-refractivity contribution in [2.45, 2.75) is 32.6 Å². The van der Waals surface area contributed by atoms with Gasteiger partial charge in [-0.3, -0.25) is 9.59 Å². The third-order valence-corrected chi connectivity index (χ3v) is 4.87. The quantitative estimate of drug-likeness (QED) is 0.262. The van der Waals surface area contributed by atoms with Crippen molar-refractivity contribution < 1.29 is 23.8 Å². The number of aromatic carboxylic acids is 1. The average molecular weight is 459 g/mol. The van der Waals surface area contributed by atoms with Gasteiger partial charge in [0.25, 0.3) is 0 Å². The van der Waals surface area contributed by atoms with Gasteiger partial charge in [-0.05, 0) is 42.3 Å². The normalized spacial score (nSPS) is 10.6. The predicted octanol–water partition coefficient (Wildman–Crippen LogP) is 5.11. The molecule has 0 aliphatic heterocycles. The molecular formula is C27H25NO6. The molecule has 0 fully saturated rings. The van der Waals surface area contributed by atoms with E-state index in [0.29, 0.717) is 12.4 Å². The number of amides is 1. The Kier molecular flexibility index (Phi) is 8.64. The molecule has 1 amide bonds. The van der Waals surface area contributed by atoms with Crippen LogP contribution in [0.25, 0.3) is 17.0 Å². The molecule has 1 heterocycles. The maximum atomic E-state index is 12.4. The molecule has 0 radical (unpaired) electrons. The second-order valence-electron chi connectivity index (χ2n) is 7.45. The summed E-state index contributed by atoms with van der Waals surface area (Å²) < 4.78 is 10.9. The minimum atomic E-state index is -1.37. The van der Waals surface area contributed by atoms with E-state index in [-0.39, 0.29) is 16.7 Å². The molecule has 174 valence electrons. The van der Waals surface area contributed by atoms with Crippen molar-refractivity contribution >= 4 is 34.6 Å². The van der Waals surface area contributed by atoms with Gasteiger partial charge in [-0.1, -0.05) is 49.8 Å². The first-order valence-corrected chi connectivity index (χ1v) is 11.0. The number of fused-ring (bicyclic) bond motifs is 1. The Balaban J connectivity index is 1.60. The summed E-state index contributed by atoms with van der Waals surface area (Å²) in [5.74, 6) is 4.44. The van der Waals surface area contributed by atoms with Gasteiger partial charge in [0.05, 0.1) is 11.1 Å². The van der Waals surface area contributed by atoms with E-state index in [0.717, 1.165) is 24.5 Å². The molecule has 0 aliphatic carbocycles. The van der Waals surface area contributed by atoms with Crippen LogP contribution in [0, 0.1) is 11.8 Å². The third-order valence-electron chi connectivity index (χ3n) is 4.87. The number of carbonyl (C=O) groups excluding carboxylic acids is 1. The summed E-state index contributed by atoms with van der Waals surface area (Å²) in [6.45, 7) is 2.49. The number of carboxylic acid groups (broad SMARTS) is 1. The lowest BCUT2D eigenvalue weighted by molar-refractivity contribution is -0.111. The Hall–Kier alpha value is -4.31. The number of carbonyl (C=O) groups is 2. The summed E-state index contributed by atoms with van der Waals surface area (Å²) in [5, 5.41) is 11.9. The largest absolute Gasteiger partial charge is 0.481 e. The number of benzene rings is 2. The molecule has 34 heavy (non-hydrogen) atoms. The van der Waals surface area contributed by atoms with E-state index < -0.39 is 23.1 Å². The Morgan fingerprint density at radius 3 is 2.65 bits per heavy atom. The fourth-order valence-corrected chi connectivity index (χ4v) is 3.12. The Morgan fingerprint density at radius 1 is 1.12 bits per heavy atom. The van der Waals surface area contributed by atoms with E-state index in [4.69, 9.17) is 14.3 Å². The molecule has 2 N–H and O–H groups in total. The van der Waals surface area contributed by atoms with E-state index in [1.807, 2.05) is 12.1 Å². The van der Waals surface area contributed by atoms with Crippen LogP contribution in [0.15, 0.2) is 63.8 Å². The Morgan fingerprint density at radius 2 is 1.91 bits per heavy atom. The van der Waals surface area contributed by atoms with Gasteiger partial charge in [-0.25, -0.2) is 4.79 Å². The molecule has 0 unspecified atom stereocenters. The molecule has 0 bridgehead atoms. The monoisotopic (exact) mass is 459 g/mol. The van der Waals surface area contributed by atoms with Gasteiger partial charge in [0.2, 0.25) is 11.7 Å². The Labute approximate surface area is 197 Å². The average Bonchev–Trinajstić information content (AvgIpc) is 2.83. The van der Waals surface area contributed by atoms with Gasteiger partial charge in [0.15, 0.2) is 11.0 Å². The van der Waals surface area contributed by atoms with Gasteiger partial charge < -0.3 is 19.6 Å². The van der Waals surface area contributed by atoms with Crippen molar-refractivity contribution in [2.75, 3.05) is 11.9 Å². The van der Waals surface area contributed by atoms with Gasteiger partial charge in [0.1, 0.15) is 12.4 Å². The standard InChI is InChI=1S/C27H25NO6/c1-2-3-4-5-6-7-17-33-20-14-11-19(12-15-20)13-16-25(30)28-22-10-8-9-21-23(29)18-24(27(31)32)34-26(21)22/h8-16,18H,2-5,17H2,1H3,(H,28,30)(H,31,32)/b16-13+. The first kappa shape index (κ1) is 24.3. The maximum Gasteiger partial charge on any atom is 0.371 e. The topological polar surface area (TPSA) is 106 Å². The van der Waals surface area contributed by atoms with Crippen LogP contribution in [0.4, 0.5) is 5.69 Å². The van der Waals surface area contributed by atoms with Crippen LogP contribution in [0.1, 0.15) is 48.7 Å². The van der Waals surface area contributed by atoms with Crippen molar-refractivity contribution in [3.8, 4) is 17.6 Å². The number of carboxylic acids is 1. The molecule has 2 aromatic carbocycles. The molecule has 7 heteroatoms. The molecule has 0 aliphatic rings. The van der Waals surface area contributed by atoms with E-state index in [1.165, 1.54) is 31.1 Å². The number of nitrogens with one attached hydrogen (secondary N) is 1. The van der Waals surface area contributed by atoms with Crippen LogP contribution in [0.3, 0.4) is 0 Å². The third kappa shape index (κ3) is 6.84. The molecule has 7 nitrogen and oxygen atoms in total. The number of para-hydroxylation sites is 1. The lowest BCUT2D eigenvalue weighted by atomic mass is 10.2. The summed E-state index contributed by atoms with van der Waals surface area (Å²) in [6, 6.07) is 12.7. The number of anilines is 1. The van der Waals surface area contributed by atoms with Gasteiger partial charge in [-0.2, -0.15) is 0 Å². The second-order valence-corrected chi connectivity index (χ2v) is 7.45. The number of hydrogen-bond acceptors (Lipinski definition) is 5. The highest BCUT2D eigenvalue weighted by molar-refractivity contribution is 6.06. The van der Waals surface area contributed by atoms with Crippen molar-refractivity contribution in [2.24, 2.45) is 0 Å². The minimum Gasteiger partial charge on any atom is -0.481 e. The zero-order chi connectivity index (χ0) is 24.3. The minimum absolute atomic E-state index is 0.00381. The highest BCUT2D eigenvalue weighted by Crippen LogP contribution is 2.22. The fraction of sp³-hybridized carbons (Fsp3) is 0.222. The summed E-state index contributed by atoms with van der Waals surface area (Å²) >= 11 is 0. The first-order chi connectivity index (χ1) is 16.5. The predicted molar refractivity (Wildman–Crippen MR) is 131 cm³/mol. The van der Waals surface area contributed by atoms with Gasteiger partial charge >= 0.3 is 5.97 Å². The van der Waals surface area contributed by atoms with Crippen molar-refractivity contribution in [1.29, 1.82) is 0 Å². The summed E-state index contributed by atoms with van der Waals surface area (Å²) in [5.41, 5.74) is 0.483. The van der Waals surface area contributed by atoms with Crippen LogP contribution in [-0.4, -0.2) is 23.6 Å². The second kappa shape index (κ2) is 12.1. The summed E-state index contributed by atoms with van der Waals surface area (Å²) in [7, 11) is 0. The van der Waals surface area contributed by atoms with Crippen molar-refractivity contribution in [3.05, 3.63) is 76.2 Å². The molecular weight excluding hydrogens is 434 g/mol. The zero-order valence-electron chi connectivity index (χ0n) is 18.8. The zero-order valence-corrected chi connectivity index (χ0v) is 18.8. The molecule has 0 atom stereocenters. The van der Waals surface area contributed by atoms with Crippen molar-refractivity contribution in [3.63, 3.8) is 0 Å². The highest BCUT2D eigenvalue weighted by atomic mass is 16.5. The van der Waals surface area contributed by atoms with Crippen LogP contribution >= 0.6 is 0 Å². The van der Waals surface area contributed by atoms with E-state index >= 15 is 0 Å². The molecule has 0 saturated carbocycles. The van der Waals surface area contributed by atoms with Gasteiger partial charge in [0, 0.05) is 18.6 Å². The fourth-order valence-electron chi connectivity index (χ4n) is 3.12. The van der Waals surface area contributed by atoms with Crippen LogP contribution in [0.5, 0.6) is 5.75 Å².